The van der Waals surface area contributed by atoms with Gasteiger partial charge in [-0.3, -0.25) is 0 Å². The summed E-state index contributed by atoms with van der Waals surface area (Å²) in [6.07, 6.45) is -0.0343. The first-order valence-corrected chi connectivity index (χ1v) is 5.25. The minimum Gasteiger partial charge on any atom is -0.389 e. The maximum atomic E-state index is 9.74. The summed E-state index contributed by atoms with van der Waals surface area (Å²) in [5.41, 5.74) is 1.60. The maximum Gasteiger partial charge on any atom is 0.106 e. The average Bonchev–Trinajstić information content (AvgIpc) is 2.73. The zero-order valence-corrected chi connectivity index (χ0v) is 8.78. The van der Waals surface area contributed by atoms with Gasteiger partial charge in [0.05, 0.1) is 12.0 Å². The van der Waals surface area contributed by atoms with Gasteiger partial charge in [0, 0.05) is 11.7 Å². The van der Waals surface area contributed by atoms with Gasteiger partial charge in [-0.15, -0.1) is 11.6 Å². The minimum atomic E-state index is -0.935. The molecule has 0 aliphatic heterocycles. The number of aliphatic hydroxyl groups excluding tert-OH is 2. The summed E-state index contributed by atoms with van der Waals surface area (Å²) < 4.78 is 0. The predicted molar refractivity (Wildman–Crippen MR) is 60.0 cm³/mol. The van der Waals surface area contributed by atoms with Crippen LogP contribution >= 0.6 is 11.6 Å². The van der Waals surface area contributed by atoms with Gasteiger partial charge >= 0.3 is 0 Å². The van der Waals surface area contributed by atoms with Crippen molar-refractivity contribution in [3.05, 3.63) is 36.0 Å². The van der Waals surface area contributed by atoms with Gasteiger partial charge in [0.1, 0.15) is 6.10 Å². The van der Waals surface area contributed by atoms with E-state index in [4.69, 9.17) is 11.6 Å². The standard InChI is InChI=1S/C11H12ClNO2/c12-6-10(14)11(15)8-2-1-7-3-4-13-9(7)5-8/h1-5,10-11,13-15H,6H2. The molecule has 4 heteroatoms. The minimum absolute atomic E-state index is 0.0178. The van der Waals surface area contributed by atoms with E-state index >= 15 is 0 Å². The first-order valence-electron chi connectivity index (χ1n) is 4.71. The summed E-state index contributed by atoms with van der Waals surface area (Å²) in [4.78, 5) is 3.05. The number of H-pyrrole nitrogens is 1. The fourth-order valence-electron chi connectivity index (χ4n) is 1.56. The highest BCUT2D eigenvalue weighted by molar-refractivity contribution is 6.18. The Balaban J connectivity index is 2.35. The number of hydrogen-bond acceptors (Lipinski definition) is 2. The number of aromatic nitrogens is 1. The van der Waals surface area contributed by atoms with E-state index in [1.54, 1.807) is 6.07 Å². The molecule has 0 aliphatic rings. The van der Waals surface area contributed by atoms with Gasteiger partial charge in [-0.25, -0.2) is 0 Å². The van der Waals surface area contributed by atoms with Crippen LogP contribution in [0, 0.1) is 0 Å². The van der Waals surface area contributed by atoms with Crippen LogP contribution in [0.4, 0.5) is 0 Å². The van der Waals surface area contributed by atoms with E-state index in [0.717, 1.165) is 10.9 Å². The lowest BCUT2D eigenvalue weighted by Gasteiger charge is -2.15. The molecular formula is C11H12ClNO2. The van der Waals surface area contributed by atoms with Crippen LogP contribution in [-0.4, -0.2) is 27.2 Å². The van der Waals surface area contributed by atoms with Crippen molar-refractivity contribution < 1.29 is 10.2 Å². The zero-order valence-electron chi connectivity index (χ0n) is 8.02. The molecule has 2 aromatic rings. The van der Waals surface area contributed by atoms with E-state index < -0.39 is 12.2 Å². The Morgan fingerprint density at radius 1 is 1.27 bits per heavy atom. The van der Waals surface area contributed by atoms with Crippen molar-refractivity contribution in [3.63, 3.8) is 0 Å². The molecular weight excluding hydrogens is 214 g/mol. The molecule has 3 N–H and O–H groups in total. The van der Waals surface area contributed by atoms with E-state index in [0.29, 0.717) is 5.56 Å². The number of aliphatic hydroxyl groups is 2. The molecule has 2 atom stereocenters. The number of aromatic amines is 1. The van der Waals surface area contributed by atoms with Crippen LogP contribution in [0.15, 0.2) is 30.5 Å². The fraction of sp³-hybridized carbons (Fsp3) is 0.273. The number of benzene rings is 1. The van der Waals surface area contributed by atoms with Crippen molar-refractivity contribution in [1.29, 1.82) is 0 Å². The lowest BCUT2D eigenvalue weighted by molar-refractivity contribution is 0.0328. The summed E-state index contributed by atoms with van der Waals surface area (Å²) in [6.45, 7) is 0. The number of fused-ring (bicyclic) bond motifs is 1. The molecule has 15 heavy (non-hydrogen) atoms. The summed E-state index contributed by atoms with van der Waals surface area (Å²) in [6, 6.07) is 7.45. The number of nitrogens with one attached hydrogen (secondary N) is 1. The zero-order chi connectivity index (χ0) is 10.8. The van der Waals surface area contributed by atoms with Crippen molar-refractivity contribution in [2.24, 2.45) is 0 Å². The van der Waals surface area contributed by atoms with Crippen molar-refractivity contribution >= 4 is 22.5 Å². The van der Waals surface area contributed by atoms with Crippen LogP contribution in [0.2, 0.25) is 0 Å². The lowest BCUT2D eigenvalue weighted by atomic mass is 10.0. The molecule has 80 valence electrons. The monoisotopic (exact) mass is 225 g/mol. The van der Waals surface area contributed by atoms with Gasteiger partial charge in [-0.2, -0.15) is 0 Å². The third kappa shape index (κ3) is 2.00. The van der Waals surface area contributed by atoms with Crippen molar-refractivity contribution in [1.82, 2.24) is 4.98 Å². The highest BCUT2D eigenvalue weighted by Gasteiger charge is 2.17. The number of rotatable bonds is 3. The summed E-state index contributed by atoms with van der Waals surface area (Å²) >= 11 is 5.48. The van der Waals surface area contributed by atoms with Crippen molar-refractivity contribution in [2.75, 3.05) is 5.88 Å². The van der Waals surface area contributed by atoms with E-state index in [9.17, 15) is 10.2 Å². The van der Waals surface area contributed by atoms with Gasteiger partial charge in [-0.1, -0.05) is 12.1 Å². The Bertz CT molecular complexity index is 455. The quantitative estimate of drug-likeness (QED) is 0.698. The second kappa shape index (κ2) is 4.23. The first kappa shape index (κ1) is 10.5. The van der Waals surface area contributed by atoms with Crippen LogP contribution in [0.3, 0.4) is 0 Å². The van der Waals surface area contributed by atoms with Gasteiger partial charge in [-0.05, 0) is 23.1 Å². The summed E-state index contributed by atoms with van der Waals surface area (Å²) in [5.74, 6) is 0.0178. The molecule has 0 spiro atoms. The molecule has 1 heterocycles. The third-order valence-corrected chi connectivity index (χ3v) is 2.76. The lowest BCUT2D eigenvalue weighted by Crippen LogP contribution is -2.19. The van der Waals surface area contributed by atoms with Gasteiger partial charge in [0.2, 0.25) is 0 Å². The van der Waals surface area contributed by atoms with Crippen LogP contribution in [0.1, 0.15) is 11.7 Å². The van der Waals surface area contributed by atoms with E-state index in [1.807, 2.05) is 24.4 Å². The molecule has 0 amide bonds. The van der Waals surface area contributed by atoms with E-state index in [2.05, 4.69) is 4.98 Å². The molecule has 0 saturated heterocycles. The number of hydrogen-bond donors (Lipinski definition) is 3. The van der Waals surface area contributed by atoms with Gasteiger partial charge < -0.3 is 15.2 Å². The molecule has 1 aromatic carbocycles. The Morgan fingerprint density at radius 2 is 2.07 bits per heavy atom. The molecule has 0 saturated carbocycles. The molecule has 2 rings (SSSR count). The summed E-state index contributed by atoms with van der Waals surface area (Å²) in [7, 11) is 0. The van der Waals surface area contributed by atoms with Crippen LogP contribution in [0.25, 0.3) is 10.9 Å². The molecule has 3 nitrogen and oxygen atoms in total. The normalized spacial score (nSPS) is 15.4. The van der Waals surface area contributed by atoms with E-state index in [-0.39, 0.29) is 5.88 Å². The molecule has 2 unspecified atom stereocenters. The Kier molecular flexibility index (Phi) is 2.95. The number of halogens is 1. The maximum absolute atomic E-state index is 9.74. The Hall–Kier alpha value is -1.03. The fourth-order valence-corrected chi connectivity index (χ4v) is 1.72. The molecule has 0 radical (unpaired) electrons. The van der Waals surface area contributed by atoms with E-state index in [1.165, 1.54) is 0 Å². The van der Waals surface area contributed by atoms with Gasteiger partial charge in [0.25, 0.3) is 0 Å². The predicted octanol–water partition coefficient (Wildman–Crippen LogP) is 1.80. The largest absolute Gasteiger partial charge is 0.389 e. The van der Waals surface area contributed by atoms with Crippen LogP contribution in [0.5, 0.6) is 0 Å². The smallest absolute Gasteiger partial charge is 0.106 e. The number of alkyl halides is 1. The highest BCUT2D eigenvalue weighted by atomic mass is 35.5. The molecule has 1 aromatic heterocycles. The van der Waals surface area contributed by atoms with Crippen molar-refractivity contribution in [2.45, 2.75) is 12.2 Å². The molecule has 0 fully saturated rings. The SMILES string of the molecule is OC(CCl)C(O)c1ccc2cc[nH]c2c1. The summed E-state index contributed by atoms with van der Waals surface area (Å²) in [5, 5.41) is 20.2. The highest BCUT2D eigenvalue weighted by Crippen LogP contribution is 2.22. The van der Waals surface area contributed by atoms with Gasteiger partial charge in [0.15, 0.2) is 0 Å². The van der Waals surface area contributed by atoms with Crippen LogP contribution in [-0.2, 0) is 0 Å². The second-order valence-electron chi connectivity index (χ2n) is 3.49. The van der Waals surface area contributed by atoms with Crippen LogP contribution < -0.4 is 0 Å². The Labute approximate surface area is 92.3 Å². The first-order chi connectivity index (χ1) is 7.22. The molecule has 0 bridgehead atoms. The molecule has 0 aliphatic carbocycles. The van der Waals surface area contributed by atoms with Crippen molar-refractivity contribution in [3.8, 4) is 0 Å². The average molecular weight is 226 g/mol. The Morgan fingerprint density at radius 3 is 2.80 bits per heavy atom. The topological polar surface area (TPSA) is 56.2 Å². The second-order valence-corrected chi connectivity index (χ2v) is 3.80. The third-order valence-electron chi connectivity index (χ3n) is 2.44.